The summed E-state index contributed by atoms with van der Waals surface area (Å²) in [4.78, 5) is 17.3. The first kappa shape index (κ1) is 11.9. The number of carbonyl (C=O) groups excluding carboxylic acids is 1. The van der Waals surface area contributed by atoms with E-state index in [9.17, 15) is 4.79 Å². The van der Waals surface area contributed by atoms with Crippen molar-refractivity contribution in [3.8, 4) is 0 Å². The van der Waals surface area contributed by atoms with E-state index in [-0.39, 0.29) is 0 Å². The highest BCUT2D eigenvalue weighted by Crippen LogP contribution is 2.29. The van der Waals surface area contributed by atoms with Crippen LogP contribution >= 0.6 is 0 Å². The van der Waals surface area contributed by atoms with Gasteiger partial charge in [0.2, 0.25) is 0 Å². The van der Waals surface area contributed by atoms with E-state index >= 15 is 0 Å². The Morgan fingerprint density at radius 2 is 2.00 bits per heavy atom. The van der Waals surface area contributed by atoms with Crippen LogP contribution in [0.15, 0.2) is 48.7 Å². The van der Waals surface area contributed by atoms with Gasteiger partial charge in [0, 0.05) is 30.8 Å². The molecule has 1 aromatic heterocycles. The van der Waals surface area contributed by atoms with Crippen molar-refractivity contribution >= 4 is 12.1 Å². The van der Waals surface area contributed by atoms with Gasteiger partial charge in [-0.25, -0.2) is 4.98 Å². The van der Waals surface area contributed by atoms with Gasteiger partial charge in [0.25, 0.3) is 0 Å². The Hall–Kier alpha value is -2.16. The molecule has 0 N–H and O–H groups in total. The Labute approximate surface area is 112 Å². The van der Waals surface area contributed by atoms with E-state index in [0.717, 1.165) is 31.6 Å². The lowest BCUT2D eigenvalue weighted by Gasteiger charge is -2.17. The Kier molecular flexibility index (Phi) is 3.27. The summed E-state index contributed by atoms with van der Waals surface area (Å²) in [6.07, 6.45) is 3.62. The van der Waals surface area contributed by atoms with Crippen molar-refractivity contribution in [2.75, 3.05) is 18.0 Å². The number of rotatable bonds is 3. The average Bonchev–Trinajstić information content (AvgIpc) is 2.98. The molecule has 0 spiro atoms. The number of benzene rings is 1. The third-order valence-corrected chi connectivity index (χ3v) is 3.69. The smallest absolute Gasteiger partial charge is 0.151 e. The van der Waals surface area contributed by atoms with Crippen molar-refractivity contribution in [3.05, 3.63) is 59.8 Å². The maximum atomic E-state index is 10.6. The van der Waals surface area contributed by atoms with Crippen LogP contribution in [-0.4, -0.2) is 24.4 Å². The second kappa shape index (κ2) is 5.22. The zero-order chi connectivity index (χ0) is 13.1. The number of hydrogen-bond donors (Lipinski definition) is 0. The summed E-state index contributed by atoms with van der Waals surface area (Å²) in [5, 5.41) is 0. The number of anilines is 1. The van der Waals surface area contributed by atoms with E-state index in [1.54, 1.807) is 6.20 Å². The average molecular weight is 252 g/mol. The first-order valence-corrected chi connectivity index (χ1v) is 6.58. The Morgan fingerprint density at radius 3 is 2.68 bits per heavy atom. The molecule has 0 bridgehead atoms. The molecule has 1 atom stereocenters. The highest BCUT2D eigenvalue weighted by atomic mass is 16.1. The highest BCUT2D eigenvalue weighted by Gasteiger charge is 2.24. The third kappa shape index (κ3) is 2.50. The van der Waals surface area contributed by atoms with Crippen LogP contribution < -0.4 is 4.90 Å². The van der Waals surface area contributed by atoms with Crippen LogP contribution in [0.4, 0.5) is 5.82 Å². The molecule has 0 radical (unpaired) electrons. The van der Waals surface area contributed by atoms with Gasteiger partial charge in [-0.2, -0.15) is 0 Å². The molecule has 2 aromatic rings. The van der Waals surface area contributed by atoms with E-state index in [4.69, 9.17) is 0 Å². The van der Waals surface area contributed by atoms with Gasteiger partial charge in [-0.3, -0.25) is 4.79 Å². The zero-order valence-corrected chi connectivity index (χ0v) is 10.7. The second-order valence-corrected chi connectivity index (χ2v) is 4.91. The van der Waals surface area contributed by atoms with E-state index in [0.29, 0.717) is 11.5 Å². The number of pyridine rings is 1. The summed E-state index contributed by atoms with van der Waals surface area (Å²) in [5.41, 5.74) is 2.03. The van der Waals surface area contributed by atoms with Crippen molar-refractivity contribution in [3.63, 3.8) is 0 Å². The summed E-state index contributed by atoms with van der Waals surface area (Å²) in [6, 6.07) is 14.4. The summed E-state index contributed by atoms with van der Waals surface area (Å²) in [7, 11) is 0. The van der Waals surface area contributed by atoms with Gasteiger partial charge in [-0.15, -0.1) is 0 Å². The van der Waals surface area contributed by atoms with Crippen LogP contribution in [0.3, 0.4) is 0 Å². The number of carbonyl (C=O) groups is 1. The van der Waals surface area contributed by atoms with Crippen molar-refractivity contribution in [2.45, 2.75) is 12.3 Å². The lowest BCUT2D eigenvalue weighted by atomic mass is 9.99. The van der Waals surface area contributed by atoms with Gasteiger partial charge in [-0.1, -0.05) is 30.3 Å². The van der Waals surface area contributed by atoms with Crippen molar-refractivity contribution in [1.82, 2.24) is 4.98 Å². The fourth-order valence-corrected chi connectivity index (χ4v) is 2.62. The number of hydrogen-bond acceptors (Lipinski definition) is 3. The van der Waals surface area contributed by atoms with Crippen LogP contribution in [0.1, 0.15) is 28.3 Å². The predicted octanol–water partition coefficient (Wildman–Crippen LogP) is 2.89. The van der Waals surface area contributed by atoms with Crippen LogP contribution in [0.5, 0.6) is 0 Å². The molecule has 1 saturated heterocycles. The van der Waals surface area contributed by atoms with E-state index in [1.807, 2.05) is 12.1 Å². The Bertz CT molecular complexity index is 551. The van der Waals surface area contributed by atoms with Gasteiger partial charge < -0.3 is 4.90 Å². The molecule has 96 valence electrons. The number of aldehydes is 1. The number of aromatic nitrogens is 1. The third-order valence-electron chi connectivity index (χ3n) is 3.69. The molecular formula is C16H16N2O. The zero-order valence-electron chi connectivity index (χ0n) is 10.7. The quantitative estimate of drug-likeness (QED) is 0.787. The molecule has 2 heterocycles. The van der Waals surface area contributed by atoms with Crippen LogP contribution in [0.2, 0.25) is 0 Å². The molecule has 1 aromatic carbocycles. The highest BCUT2D eigenvalue weighted by molar-refractivity contribution is 5.74. The molecular weight excluding hydrogens is 236 g/mol. The predicted molar refractivity (Wildman–Crippen MR) is 75.6 cm³/mol. The maximum absolute atomic E-state index is 10.6. The van der Waals surface area contributed by atoms with E-state index in [2.05, 4.69) is 40.2 Å². The summed E-state index contributed by atoms with van der Waals surface area (Å²) in [6.45, 7) is 2.02. The lowest BCUT2D eigenvalue weighted by molar-refractivity contribution is 0.112. The first-order chi connectivity index (χ1) is 9.36. The SMILES string of the molecule is O=Cc1ccc(N2CCC(c3ccccc3)C2)nc1. The van der Waals surface area contributed by atoms with Crippen LogP contribution in [-0.2, 0) is 0 Å². The van der Waals surface area contributed by atoms with Gasteiger partial charge in [0.05, 0.1) is 0 Å². The van der Waals surface area contributed by atoms with Crippen LogP contribution in [0.25, 0.3) is 0 Å². The second-order valence-electron chi connectivity index (χ2n) is 4.91. The maximum Gasteiger partial charge on any atom is 0.151 e. The fourth-order valence-electron chi connectivity index (χ4n) is 2.62. The first-order valence-electron chi connectivity index (χ1n) is 6.58. The molecule has 0 amide bonds. The molecule has 1 unspecified atom stereocenters. The molecule has 1 aliphatic heterocycles. The van der Waals surface area contributed by atoms with Gasteiger partial charge >= 0.3 is 0 Å². The molecule has 0 saturated carbocycles. The lowest BCUT2D eigenvalue weighted by Crippen LogP contribution is -2.20. The molecule has 1 aliphatic rings. The van der Waals surface area contributed by atoms with Crippen molar-refractivity contribution in [1.29, 1.82) is 0 Å². The number of nitrogens with zero attached hydrogens (tertiary/aromatic N) is 2. The van der Waals surface area contributed by atoms with Gasteiger partial charge in [0.15, 0.2) is 6.29 Å². The van der Waals surface area contributed by atoms with E-state index in [1.165, 1.54) is 5.56 Å². The summed E-state index contributed by atoms with van der Waals surface area (Å²) in [5.74, 6) is 1.54. The molecule has 3 heteroatoms. The van der Waals surface area contributed by atoms with Gasteiger partial charge in [0.1, 0.15) is 5.82 Å². The topological polar surface area (TPSA) is 33.2 Å². The monoisotopic (exact) mass is 252 g/mol. The molecule has 0 aliphatic carbocycles. The Balaban J connectivity index is 1.73. The van der Waals surface area contributed by atoms with Crippen molar-refractivity contribution in [2.24, 2.45) is 0 Å². The minimum atomic E-state index is 0.578. The standard InChI is InChI=1S/C16H16N2O/c19-12-13-6-7-16(17-10-13)18-9-8-15(11-18)14-4-2-1-3-5-14/h1-7,10,12,15H,8-9,11H2. The fraction of sp³-hybridized carbons (Fsp3) is 0.250. The molecule has 1 fully saturated rings. The largest absolute Gasteiger partial charge is 0.356 e. The summed E-state index contributed by atoms with van der Waals surface area (Å²) >= 11 is 0. The van der Waals surface area contributed by atoms with Crippen molar-refractivity contribution < 1.29 is 4.79 Å². The van der Waals surface area contributed by atoms with E-state index < -0.39 is 0 Å². The molecule has 3 rings (SSSR count). The Morgan fingerprint density at radius 1 is 1.16 bits per heavy atom. The minimum absolute atomic E-state index is 0.578. The molecule has 19 heavy (non-hydrogen) atoms. The van der Waals surface area contributed by atoms with Gasteiger partial charge in [-0.05, 0) is 24.1 Å². The molecule has 3 nitrogen and oxygen atoms in total. The minimum Gasteiger partial charge on any atom is -0.356 e. The summed E-state index contributed by atoms with van der Waals surface area (Å²) < 4.78 is 0. The normalized spacial score (nSPS) is 18.5. The van der Waals surface area contributed by atoms with Crippen LogP contribution in [0, 0.1) is 0 Å².